The molecular formula is C18H13N2O4P. The van der Waals surface area contributed by atoms with Crippen molar-refractivity contribution >= 4 is 25.9 Å². The summed E-state index contributed by atoms with van der Waals surface area (Å²) in [6, 6.07) is 18.1. The van der Waals surface area contributed by atoms with Crippen molar-refractivity contribution in [3.63, 3.8) is 0 Å². The highest BCUT2D eigenvalue weighted by molar-refractivity contribution is 7.28. The van der Waals surface area contributed by atoms with Crippen LogP contribution in [0.4, 0.5) is 11.4 Å². The van der Waals surface area contributed by atoms with Crippen LogP contribution in [0.3, 0.4) is 0 Å². The van der Waals surface area contributed by atoms with E-state index in [4.69, 9.17) is 0 Å². The molecule has 0 saturated carbocycles. The minimum absolute atomic E-state index is 0.0436. The van der Waals surface area contributed by atoms with Gasteiger partial charge in [0.25, 0.3) is 11.4 Å². The minimum atomic E-state index is -0.450. The number of hydrogen-bond acceptors (Lipinski definition) is 4. The molecule has 0 aliphatic rings. The molecule has 0 aliphatic heterocycles. The SMILES string of the molecule is O=[N+]([O-])c1ccccc1-c1cccc(P)c1-c1ccccc1[N+](=O)[O-]. The Bertz CT molecular complexity index is 988. The largest absolute Gasteiger partial charge is 0.277 e. The average molecular weight is 352 g/mol. The average Bonchev–Trinajstić information content (AvgIpc) is 2.61. The van der Waals surface area contributed by atoms with Crippen LogP contribution in [0.1, 0.15) is 0 Å². The van der Waals surface area contributed by atoms with E-state index in [0.29, 0.717) is 22.3 Å². The van der Waals surface area contributed by atoms with E-state index in [-0.39, 0.29) is 11.4 Å². The molecule has 3 aromatic carbocycles. The molecule has 124 valence electrons. The van der Waals surface area contributed by atoms with E-state index in [9.17, 15) is 20.2 Å². The predicted molar refractivity (Wildman–Crippen MR) is 100.0 cm³/mol. The molecule has 1 unspecified atom stereocenters. The standard InChI is InChI=1S/C18H13N2O4P/c21-19(22)15-9-3-1-6-12(15)13-8-5-11-17(25)18(13)14-7-2-4-10-16(14)20(23)24/h1-11H,25H2. The van der Waals surface area contributed by atoms with Crippen molar-refractivity contribution in [3.8, 4) is 22.3 Å². The van der Waals surface area contributed by atoms with Crippen LogP contribution in [0.2, 0.25) is 0 Å². The third-order valence-electron chi connectivity index (χ3n) is 3.86. The van der Waals surface area contributed by atoms with Crippen LogP contribution in [0.15, 0.2) is 66.7 Å². The fourth-order valence-corrected chi connectivity index (χ4v) is 3.22. The van der Waals surface area contributed by atoms with Gasteiger partial charge in [-0.2, -0.15) is 0 Å². The van der Waals surface area contributed by atoms with Gasteiger partial charge in [0.15, 0.2) is 0 Å². The van der Waals surface area contributed by atoms with Gasteiger partial charge in [0.05, 0.1) is 21.0 Å². The fraction of sp³-hybridized carbons (Fsp3) is 0. The van der Waals surface area contributed by atoms with Gasteiger partial charge in [-0.25, -0.2) is 0 Å². The van der Waals surface area contributed by atoms with Gasteiger partial charge in [0.2, 0.25) is 0 Å². The second kappa shape index (κ2) is 6.79. The van der Waals surface area contributed by atoms with E-state index < -0.39 is 9.85 Å². The van der Waals surface area contributed by atoms with Crippen molar-refractivity contribution in [2.24, 2.45) is 0 Å². The highest BCUT2D eigenvalue weighted by Crippen LogP contribution is 2.39. The Balaban J connectivity index is 2.36. The Labute approximate surface area is 145 Å². The molecule has 3 aromatic rings. The van der Waals surface area contributed by atoms with Crippen molar-refractivity contribution in [3.05, 3.63) is 87.0 Å². The van der Waals surface area contributed by atoms with Crippen LogP contribution in [-0.4, -0.2) is 9.85 Å². The third-order valence-corrected chi connectivity index (χ3v) is 4.34. The Kier molecular flexibility index (Phi) is 4.55. The van der Waals surface area contributed by atoms with Crippen LogP contribution in [0, 0.1) is 20.2 Å². The molecule has 1 atom stereocenters. The normalized spacial score (nSPS) is 10.4. The maximum Gasteiger partial charge on any atom is 0.277 e. The van der Waals surface area contributed by atoms with Crippen LogP contribution in [0.5, 0.6) is 0 Å². The number of nitro groups is 2. The van der Waals surface area contributed by atoms with Crippen LogP contribution in [-0.2, 0) is 0 Å². The molecule has 0 N–H and O–H groups in total. The molecule has 25 heavy (non-hydrogen) atoms. The van der Waals surface area contributed by atoms with Gasteiger partial charge in [-0.05, 0) is 23.0 Å². The lowest BCUT2D eigenvalue weighted by Gasteiger charge is -2.13. The molecule has 0 aromatic heterocycles. The van der Waals surface area contributed by atoms with E-state index in [2.05, 4.69) is 9.24 Å². The van der Waals surface area contributed by atoms with Crippen LogP contribution >= 0.6 is 9.24 Å². The molecule has 0 fully saturated rings. The Hall–Kier alpha value is -3.11. The first-order valence-corrected chi connectivity index (χ1v) is 7.94. The second-order valence-electron chi connectivity index (χ2n) is 5.32. The number of para-hydroxylation sites is 2. The van der Waals surface area contributed by atoms with Gasteiger partial charge in [-0.15, -0.1) is 9.24 Å². The number of rotatable bonds is 4. The summed E-state index contributed by atoms with van der Waals surface area (Å²) in [5.41, 5.74) is 1.93. The first-order chi connectivity index (χ1) is 12.0. The maximum absolute atomic E-state index is 11.4. The zero-order valence-corrected chi connectivity index (χ0v) is 14.1. The lowest BCUT2D eigenvalue weighted by molar-refractivity contribution is -0.384. The second-order valence-corrected chi connectivity index (χ2v) is 5.94. The summed E-state index contributed by atoms with van der Waals surface area (Å²) in [5.74, 6) is 0. The summed E-state index contributed by atoms with van der Waals surface area (Å²) in [4.78, 5) is 21.9. The van der Waals surface area contributed by atoms with Crippen molar-refractivity contribution < 1.29 is 9.85 Å². The first kappa shape index (κ1) is 16.7. The molecule has 0 bridgehead atoms. The Morgan fingerprint density at radius 2 is 1.12 bits per heavy atom. The zero-order valence-electron chi connectivity index (χ0n) is 13.0. The van der Waals surface area contributed by atoms with Crippen molar-refractivity contribution in [1.29, 1.82) is 0 Å². The quantitative estimate of drug-likeness (QED) is 0.397. The summed E-state index contributed by atoms with van der Waals surface area (Å²) in [6.45, 7) is 0. The summed E-state index contributed by atoms with van der Waals surface area (Å²) in [7, 11) is 2.55. The summed E-state index contributed by atoms with van der Waals surface area (Å²) in [6.07, 6.45) is 0. The summed E-state index contributed by atoms with van der Waals surface area (Å²) in [5, 5.41) is 23.5. The van der Waals surface area contributed by atoms with Crippen molar-refractivity contribution in [2.75, 3.05) is 0 Å². The topological polar surface area (TPSA) is 86.3 Å². The molecule has 0 amide bonds. The summed E-state index contributed by atoms with van der Waals surface area (Å²) < 4.78 is 0. The smallest absolute Gasteiger partial charge is 0.258 e. The van der Waals surface area contributed by atoms with Gasteiger partial charge in [-0.1, -0.05) is 42.5 Å². The monoisotopic (exact) mass is 352 g/mol. The molecular weight excluding hydrogens is 339 g/mol. The van der Waals surface area contributed by atoms with E-state index in [0.717, 1.165) is 5.30 Å². The van der Waals surface area contributed by atoms with E-state index in [1.807, 2.05) is 0 Å². The molecule has 0 heterocycles. The minimum Gasteiger partial charge on any atom is -0.258 e. The lowest BCUT2D eigenvalue weighted by atomic mass is 9.92. The molecule has 0 saturated heterocycles. The number of nitrogens with zero attached hydrogens (tertiary/aromatic N) is 2. The molecule has 3 rings (SSSR count). The lowest BCUT2D eigenvalue weighted by Crippen LogP contribution is -2.03. The number of benzene rings is 3. The van der Waals surface area contributed by atoms with Gasteiger partial charge >= 0.3 is 0 Å². The molecule has 6 nitrogen and oxygen atoms in total. The number of nitro benzene ring substituents is 2. The number of hydrogen-bond donors (Lipinski definition) is 0. The molecule has 0 spiro atoms. The van der Waals surface area contributed by atoms with Crippen LogP contribution < -0.4 is 5.30 Å². The maximum atomic E-state index is 11.4. The van der Waals surface area contributed by atoms with Crippen LogP contribution in [0.25, 0.3) is 22.3 Å². The van der Waals surface area contributed by atoms with E-state index in [1.165, 1.54) is 12.1 Å². The Morgan fingerprint density at radius 3 is 1.72 bits per heavy atom. The van der Waals surface area contributed by atoms with E-state index >= 15 is 0 Å². The molecule has 0 radical (unpaired) electrons. The summed E-state index contributed by atoms with van der Waals surface area (Å²) >= 11 is 0. The van der Waals surface area contributed by atoms with Crippen molar-refractivity contribution in [1.82, 2.24) is 0 Å². The van der Waals surface area contributed by atoms with Gasteiger partial charge in [-0.3, -0.25) is 20.2 Å². The Morgan fingerprint density at radius 1 is 0.640 bits per heavy atom. The van der Waals surface area contributed by atoms with Gasteiger partial charge in [0, 0.05) is 17.7 Å². The zero-order chi connectivity index (χ0) is 18.0. The predicted octanol–water partition coefficient (Wildman–Crippen LogP) is 4.34. The first-order valence-electron chi connectivity index (χ1n) is 7.36. The highest BCUT2D eigenvalue weighted by Gasteiger charge is 2.23. The highest BCUT2D eigenvalue weighted by atomic mass is 31.0. The van der Waals surface area contributed by atoms with Gasteiger partial charge in [0.1, 0.15) is 0 Å². The van der Waals surface area contributed by atoms with E-state index in [1.54, 1.807) is 54.6 Å². The van der Waals surface area contributed by atoms with Crippen molar-refractivity contribution in [2.45, 2.75) is 0 Å². The third kappa shape index (κ3) is 3.12. The van der Waals surface area contributed by atoms with Gasteiger partial charge < -0.3 is 0 Å². The molecule has 7 heteroatoms. The fourth-order valence-electron chi connectivity index (χ4n) is 2.80. The molecule has 0 aliphatic carbocycles.